The second-order valence-electron chi connectivity index (χ2n) is 6.99. The van der Waals surface area contributed by atoms with Crippen LogP contribution in [0.3, 0.4) is 0 Å². The summed E-state index contributed by atoms with van der Waals surface area (Å²) in [6.07, 6.45) is 7.56. The van der Waals surface area contributed by atoms with Gasteiger partial charge in [-0.05, 0) is 63.1 Å². The number of nitrogens with zero attached hydrogens (tertiary/aromatic N) is 1. The Bertz CT molecular complexity index is 563. The normalized spacial score (nSPS) is 29.5. The van der Waals surface area contributed by atoms with Crippen LogP contribution in [-0.4, -0.2) is 35.6 Å². The van der Waals surface area contributed by atoms with Crippen molar-refractivity contribution < 1.29 is 0 Å². The number of likely N-dealkylation sites (tertiary alicyclic amines) is 1. The molecule has 0 bridgehead atoms. The lowest BCUT2D eigenvalue weighted by molar-refractivity contribution is 0.307. The van der Waals surface area contributed by atoms with Crippen molar-refractivity contribution in [1.82, 2.24) is 15.2 Å². The van der Waals surface area contributed by atoms with E-state index in [0.717, 1.165) is 30.6 Å². The number of H-pyrrole nitrogens is 1. The van der Waals surface area contributed by atoms with E-state index in [-0.39, 0.29) is 5.56 Å². The highest BCUT2D eigenvalue weighted by atomic mass is 16.1. The number of hydrogen-bond acceptors (Lipinski definition) is 3. The van der Waals surface area contributed by atoms with E-state index in [1.54, 1.807) is 6.07 Å². The van der Waals surface area contributed by atoms with E-state index < -0.39 is 0 Å². The second-order valence-corrected chi connectivity index (χ2v) is 6.99. The van der Waals surface area contributed by atoms with Crippen LogP contribution in [0.25, 0.3) is 0 Å². The Morgan fingerprint density at radius 2 is 2.14 bits per heavy atom. The third kappa shape index (κ3) is 2.92. The molecule has 0 radical (unpaired) electrons. The fraction of sp³-hybridized carbons (Fsp3) is 0.706. The maximum atomic E-state index is 11.4. The maximum Gasteiger partial charge on any atom is 0.248 e. The average Bonchev–Trinajstić information content (AvgIpc) is 3.24. The molecule has 2 aliphatic carbocycles. The van der Waals surface area contributed by atoms with Gasteiger partial charge >= 0.3 is 0 Å². The molecule has 1 aromatic heterocycles. The van der Waals surface area contributed by atoms with E-state index in [4.69, 9.17) is 0 Å². The predicted molar refractivity (Wildman–Crippen MR) is 83.4 cm³/mol. The molecule has 0 spiro atoms. The molecule has 2 N–H and O–H groups in total. The molecule has 114 valence electrons. The summed E-state index contributed by atoms with van der Waals surface area (Å²) >= 11 is 0. The first-order valence-corrected chi connectivity index (χ1v) is 8.49. The van der Waals surface area contributed by atoms with Crippen LogP contribution in [-0.2, 0) is 6.42 Å². The molecule has 1 aromatic rings. The van der Waals surface area contributed by atoms with Crippen molar-refractivity contribution in [2.75, 3.05) is 19.6 Å². The first-order chi connectivity index (χ1) is 10.3. The Morgan fingerprint density at radius 1 is 1.24 bits per heavy atom. The van der Waals surface area contributed by atoms with Crippen LogP contribution >= 0.6 is 0 Å². The van der Waals surface area contributed by atoms with Gasteiger partial charge in [0.15, 0.2) is 0 Å². The van der Waals surface area contributed by atoms with E-state index in [2.05, 4.69) is 15.2 Å². The summed E-state index contributed by atoms with van der Waals surface area (Å²) in [5, 5.41) is 3.77. The Labute approximate surface area is 125 Å². The topological polar surface area (TPSA) is 48.1 Å². The third-order valence-electron chi connectivity index (χ3n) is 5.37. The van der Waals surface area contributed by atoms with Crippen LogP contribution in [0.4, 0.5) is 0 Å². The standard InChI is InChI=1S/C17H25N3O/c21-17-7-6-14-15(2-1-3-16(14)19-17)18-10-12-8-9-20(11-12)13-4-5-13/h6-7,12-13,15,18H,1-5,8-11H2,(H,19,21). The van der Waals surface area contributed by atoms with Crippen molar-refractivity contribution in [2.45, 2.75) is 50.6 Å². The van der Waals surface area contributed by atoms with Crippen molar-refractivity contribution in [3.63, 3.8) is 0 Å². The predicted octanol–water partition coefficient (Wildman–Crippen LogP) is 1.83. The number of aromatic nitrogens is 1. The molecule has 1 saturated carbocycles. The number of nitrogens with one attached hydrogen (secondary N) is 2. The largest absolute Gasteiger partial charge is 0.326 e. The third-order valence-corrected chi connectivity index (χ3v) is 5.37. The van der Waals surface area contributed by atoms with Crippen molar-refractivity contribution in [3.05, 3.63) is 33.7 Å². The van der Waals surface area contributed by atoms with Gasteiger partial charge in [0.05, 0.1) is 0 Å². The molecular formula is C17H25N3O. The summed E-state index contributed by atoms with van der Waals surface area (Å²) in [7, 11) is 0. The highest BCUT2D eigenvalue weighted by Crippen LogP contribution is 2.32. The van der Waals surface area contributed by atoms with Crippen LogP contribution in [0.15, 0.2) is 16.9 Å². The minimum absolute atomic E-state index is 0.0327. The molecule has 4 heteroatoms. The quantitative estimate of drug-likeness (QED) is 0.888. The summed E-state index contributed by atoms with van der Waals surface area (Å²) in [5.41, 5.74) is 2.50. The van der Waals surface area contributed by atoms with Crippen molar-refractivity contribution in [3.8, 4) is 0 Å². The monoisotopic (exact) mass is 287 g/mol. The van der Waals surface area contributed by atoms with Crippen LogP contribution in [0, 0.1) is 5.92 Å². The molecule has 2 unspecified atom stereocenters. The first kappa shape index (κ1) is 13.5. The summed E-state index contributed by atoms with van der Waals surface area (Å²) < 4.78 is 0. The van der Waals surface area contributed by atoms with Gasteiger partial charge in [-0.3, -0.25) is 4.79 Å². The number of aryl methyl sites for hydroxylation is 1. The number of pyridine rings is 1. The van der Waals surface area contributed by atoms with Crippen LogP contribution in [0.5, 0.6) is 0 Å². The van der Waals surface area contributed by atoms with Gasteiger partial charge in [-0.25, -0.2) is 0 Å². The smallest absolute Gasteiger partial charge is 0.248 e. The van der Waals surface area contributed by atoms with Crippen LogP contribution < -0.4 is 10.9 Å². The van der Waals surface area contributed by atoms with E-state index in [0.29, 0.717) is 6.04 Å². The second kappa shape index (κ2) is 5.58. The Kier molecular flexibility index (Phi) is 3.59. The lowest BCUT2D eigenvalue weighted by Crippen LogP contribution is -2.32. The number of hydrogen-bond donors (Lipinski definition) is 2. The maximum absolute atomic E-state index is 11.4. The zero-order chi connectivity index (χ0) is 14.2. The van der Waals surface area contributed by atoms with Gasteiger partial charge < -0.3 is 15.2 Å². The molecule has 2 fully saturated rings. The van der Waals surface area contributed by atoms with Crippen LogP contribution in [0.1, 0.15) is 49.4 Å². The molecule has 1 aliphatic heterocycles. The molecule has 0 aromatic carbocycles. The number of aromatic amines is 1. The summed E-state index contributed by atoms with van der Waals surface area (Å²) in [6, 6.07) is 5.04. The molecule has 3 aliphatic rings. The highest BCUT2D eigenvalue weighted by molar-refractivity contribution is 5.26. The molecule has 4 rings (SSSR count). The van der Waals surface area contributed by atoms with Gasteiger partial charge in [0.2, 0.25) is 5.56 Å². The molecule has 2 atom stereocenters. The molecule has 1 saturated heterocycles. The Morgan fingerprint density at radius 3 is 3.00 bits per heavy atom. The lowest BCUT2D eigenvalue weighted by atomic mass is 9.91. The molecule has 4 nitrogen and oxygen atoms in total. The van der Waals surface area contributed by atoms with Gasteiger partial charge in [-0.2, -0.15) is 0 Å². The fourth-order valence-corrected chi connectivity index (χ4v) is 4.02. The summed E-state index contributed by atoms with van der Waals surface area (Å²) in [6.45, 7) is 3.70. The minimum Gasteiger partial charge on any atom is -0.326 e. The van der Waals surface area contributed by atoms with Crippen molar-refractivity contribution in [2.24, 2.45) is 5.92 Å². The molecular weight excluding hydrogens is 262 g/mol. The lowest BCUT2D eigenvalue weighted by Gasteiger charge is -2.27. The fourth-order valence-electron chi connectivity index (χ4n) is 4.02. The Hall–Kier alpha value is -1.13. The van der Waals surface area contributed by atoms with Crippen LogP contribution in [0.2, 0.25) is 0 Å². The molecule has 0 amide bonds. The highest BCUT2D eigenvalue weighted by Gasteiger charge is 2.34. The first-order valence-electron chi connectivity index (χ1n) is 8.49. The van der Waals surface area contributed by atoms with Crippen molar-refractivity contribution >= 4 is 0 Å². The van der Waals surface area contributed by atoms with E-state index >= 15 is 0 Å². The number of rotatable bonds is 4. The van der Waals surface area contributed by atoms with Gasteiger partial charge in [-0.1, -0.05) is 6.07 Å². The van der Waals surface area contributed by atoms with E-state index in [1.807, 2.05) is 6.07 Å². The average molecular weight is 287 g/mol. The summed E-state index contributed by atoms with van der Waals surface area (Å²) in [4.78, 5) is 17.1. The van der Waals surface area contributed by atoms with Gasteiger partial charge in [0.25, 0.3) is 0 Å². The van der Waals surface area contributed by atoms with E-state index in [1.165, 1.54) is 50.8 Å². The molecule has 21 heavy (non-hydrogen) atoms. The van der Waals surface area contributed by atoms with E-state index in [9.17, 15) is 4.79 Å². The van der Waals surface area contributed by atoms with Gasteiger partial charge in [0.1, 0.15) is 0 Å². The zero-order valence-corrected chi connectivity index (χ0v) is 12.6. The molecule has 2 heterocycles. The van der Waals surface area contributed by atoms with Crippen molar-refractivity contribution in [1.29, 1.82) is 0 Å². The SMILES string of the molecule is O=c1ccc2c([nH]1)CCCC2NCC1CCN(C2CC2)C1. The Balaban J connectivity index is 1.36. The zero-order valence-electron chi connectivity index (χ0n) is 12.6. The minimum atomic E-state index is 0.0327. The summed E-state index contributed by atoms with van der Waals surface area (Å²) in [5.74, 6) is 0.804. The van der Waals surface area contributed by atoms with Gasteiger partial charge in [-0.15, -0.1) is 0 Å². The van der Waals surface area contributed by atoms with Gasteiger partial charge in [0, 0.05) is 30.4 Å². The number of fused-ring (bicyclic) bond motifs is 1.